The third-order valence-corrected chi connectivity index (χ3v) is 6.64. The van der Waals surface area contributed by atoms with Gasteiger partial charge in [0.15, 0.2) is 6.61 Å². The molecule has 0 radical (unpaired) electrons. The molecule has 168 valence electrons. The zero-order valence-electron chi connectivity index (χ0n) is 17.4. The normalized spacial score (nSPS) is 10.6. The van der Waals surface area contributed by atoms with Gasteiger partial charge in [0.2, 0.25) is 0 Å². The van der Waals surface area contributed by atoms with Crippen LogP contribution in [-0.2, 0) is 14.3 Å². The van der Waals surface area contributed by atoms with E-state index in [4.69, 9.17) is 9.47 Å². The summed E-state index contributed by atoms with van der Waals surface area (Å²) in [5.41, 5.74) is 0.433. The number of anilines is 1. The summed E-state index contributed by atoms with van der Waals surface area (Å²) in [6.45, 7) is 2.69. The third-order valence-electron chi connectivity index (χ3n) is 4.36. The lowest BCUT2D eigenvalue weighted by molar-refractivity contribution is -0.119. The number of rotatable bonds is 7. The van der Waals surface area contributed by atoms with Gasteiger partial charge in [0, 0.05) is 17.1 Å². The zero-order valence-corrected chi connectivity index (χ0v) is 19.0. The summed E-state index contributed by atoms with van der Waals surface area (Å²) >= 11 is 1.96. The maximum absolute atomic E-state index is 13.8. The predicted molar refractivity (Wildman–Crippen MR) is 119 cm³/mol. The number of amides is 2. The SMILES string of the molecule is CCOC(=O)c1c(NC(=O)COC(=O)c2cc3c(F)cccc3s2)sc(C(=O)NC)c1C. The molecule has 2 aromatic heterocycles. The molecule has 0 fully saturated rings. The lowest BCUT2D eigenvalue weighted by atomic mass is 10.1. The zero-order chi connectivity index (χ0) is 23.4. The van der Waals surface area contributed by atoms with E-state index >= 15 is 0 Å². The number of hydrogen-bond acceptors (Lipinski definition) is 8. The van der Waals surface area contributed by atoms with Crippen LogP contribution in [0, 0.1) is 12.7 Å². The topological polar surface area (TPSA) is 111 Å². The second-order valence-electron chi connectivity index (χ2n) is 6.45. The molecule has 2 N–H and O–H groups in total. The van der Waals surface area contributed by atoms with Gasteiger partial charge in [0.1, 0.15) is 15.7 Å². The fourth-order valence-electron chi connectivity index (χ4n) is 2.87. The molecule has 0 atom stereocenters. The van der Waals surface area contributed by atoms with Crippen molar-refractivity contribution in [1.82, 2.24) is 5.32 Å². The van der Waals surface area contributed by atoms with Crippen LogP contribution < -0.4 is 10.6 Å². The molecule has 11 heteroatoms. The average molecular weight is 479 g/mol. The quantitative estimate of drug-likeness (QED) is 0.501. The first-order valence-corrected chi connectivity index (χ1v) is 11.1. The van der Waals surface area contributed by atoms with Crippen molar-refractivity contribution in [2.24, 2.45) is 0 Å². The van der Waals surface area contributed by atoms with Crippen LogP contribution in [0.5, 0.6) is 0 Å². The van der Waals surface area contributed by atoms with E-state index in [-0.39, 0.29) is 26.9 Å². The molecule has 0 spiro atoms. The first-order chi connectivity index (χ1) is 15.3. The Morgan fingerprint density at radius 3 is 2.50 bits per heavy atom. The van der Waals surface area contributed by atoms with Crippen LogP contribution in [0.2, 0.25) is 0 Å². The minimum absolute atomic E-state index is 0.0649. The predicted octanol–water partition coefficient (Wildman–Crippen LogP) is 3.74. The van der Waals surface area contributed by atoms with E-state index in [1.54, 1.807) is 19.9 Å². The van der Waals surface area contributed by atoms with Gasteiger partial charge < -0.3 is 20.1 Å². The molecule has 3 aromatic rings. The monoisotopic (exact) mass is 478 g/mol. The fraction of sp³-hybridized carbons (Fsp3) is 0.238. The van der Waals surface area contributed by atoms with Crippen LogP contribution in [0.4, 0.5) is 9.39 Å². The molecular weight excluding hydrogens is 459 g/mol. The molecule has 1 aromatic carbocycles. The molecule has 0 saturated carbocycles. The minimum Gasteiger partial charge on any atom is -0.462 e. The summed E-state index contributed by atoms with van der Waals surface area (Å²) in [6, 6.07) is 5.86. The second kappa shape index (κ2) is 9.88. The van der Waals surface area contributed by atoms with Gasteiger partial charge in [0.25, 0.3) is 11.8 Å². The lowest BCUT2D eigenvalue weighted by Gasteiger charge is -2.07. The maximum Gasteiger partial charge on any atom is 0.348 e. The summed E-state index contributed by atoms with van der Waals surface area (Å²) in [6.07, 6.45) is 0. The summed E-state index contributed by atoms with van der Waals surface area (Å²) in [4.78, 5) is 49.5. The average Bonchev–Trinajstić information content (AvgIpc) is 3.34. The third kappa shape index (κ3) is 4.78. The van der Waals surface area contributed by atoms with Gasteiger partial charge in [0.05, 0.1) is 17.0 Å². The number of nitrogens with one attached hydrogen (secondary N) is 2. The molecule has 0 aliphatic carbocycles. The van der Waals surface area contributed by atoms with Crippen molar-refractivity contribution < 1.29 is 33.0 Å². The summed E-state index contributed by atoms with van der Waals surface area (Å²) in [5, 5.41) is 5.38. The van der Waals surface area contributed by atoms with Crippen molar-refractivity contribution >= 4 is 61.5 Å². The molecule has 0 unspecified atom stereocenters. The molecule has 8 nitrogen and oxygen atoms in total. The van der Waals surface area contributed by atoms with Gasteiger partial charge in [-0.15, -0.1) is 22.7 Å². The van der Waals surface area contributed by atoms with Crippen molar-refractivity contribution in [3.63, 3.8) is 0 Å². The van der Waals surface area contributed by atoms with Crippen molar-refractivity contribution in [3.8, 4) is 0 Å². The first-order valence-electron chi connectivity index (χ1n) is 9.44. The van der Waals surface area contributed by atoms with E-state index in [1.165, 1.54) is 25.2 Å². The number of hydrogen-bond donors (Lipinski definition) is 2. The van der Waals surface area contributed by atoms with Gasteiger partial charge in [-0.1, -0.05) is 6.07 Å². The molecule has 32 heavy (non-hydrogen) atoms. The van der Waals surface area contributed by atoms with E-state index in [0.29, 0.717) is 15.6 Å². The van der Waals surface area contributed by atoms with Gasteiger partial charge in [-0.25, -0.2) is 14.0 Å². The van der Waals surface area contributed by atoms with E-state index < -0.39 is 36.2 Å². The van der Waals surface area contributed by atoms with Crippen LogP contribution in [0.25, 0.3) is 10.1 Å². The van der Waals surface area contributed by atoms with Gasteiger partial charge in [-0.05, 0) is 37.6 Å². The molecule has 3 rings (SSSR count). The Balaban J connectivity index is 1.73. The second-order valence-corrected chi connectivity index (χ2v) is 8.55. The van der Waals surface area contributed by atoms with Crippen LogP contribution in [0.1, 0.15) is 42.2 Å². The number of thiophene rings is 2. The largest absolute Gasteiger partial charge is 0.462 e. The van der Waals surface area contributed by atoms with Crippen molar-refractivity contribution in [3.05, 3.63) is 51.0 Å². The Hall–Kier alpha value is -3.31. The Kier molecular flexibility index (Phi) is 7.21. The van der Waals surface area contributed by atoms with E-state index in [9.17, 15) is 23.6 Å². The number of halogens is 1. The van der Waals surface area contributed by atoms with Crippen LogP contribution in [0.15, 0.2) is 24.3 Å². The molecule has 0 saturated heterocycles. The highest BCUT2D eigenvalue weighted by molar-refractivity contribution is 7.20. The van der Waals surface area contributed by atoms with Crippen LogP contribution in [0.3, 0.4) is 0 Å². The minimum atomic E-state index is -0.778. The Labute approximate surface area is 190 Å². The van der Waals surface area contributed by atoms with Gasteiger partial charge >= 0.3 is 11.9 Å². The molecule has 0 bridgehead atoms. The Morgan fingerprint density at radius 2 is 1.84 bits per heavy atom. The molecule has 0 aliphatic heterocycles. The van der Waals surface area contributed by atoms with Gasteiger partial charge in [-0.2, -0.15) is 0 Å². The fourth-order valence-corrected chi connectivity index (χ4v) is 5.00. The van der Waals surface area contributed by atoms with Crippen molar-refractivity contribution in [2.45, 2.75) is 13.8 Å². The summed E-state index contributed by atoms with van der Waals surface area (Å²) in [5.74, 6) is -3.04. The number of benzene rings is 1. The van der Waals surface area contributed by atoms with E-state index in [0.717, 1.165) is 22.7 Å². The highest BCUT2D eigenvalue weighted by Crippen LogP contribution is 2.34. The van der Waals surface area contributed by atoms with Crippen molar-refractivity contribution in [2.75, 3.05) is 25.6 Å². The Morgan fingerprint density at radius 1 is 1.09 bits per heavy atom. The van der Waals surface area contributed by atoms with Crippen LogP contribution in [-0.4, -0.2) is 44.0 Å². The standard InChI is InChI=1S/C21H19FN2O6S2/c1-4-29-21(28)16-10(2)17(18(26)23-3)32-19(16)24-15(25)9-30-20(27)14-8-11-12(22)6-5-7-13(11)31-14/h5-8H,4,9H2,1-3H3,(H,23,26)(H,24,25). The first kappa shape index (κ1) is 23.4. The van der Waals surface area contributed by atoms with Crippen LogP contribution >= 0.6 is 22.7 Å². The van der Waals surface area contributed by atoms with E-state index in [1.807, 2.05) is 0 Å². The number of esters is 2. The number of fused-ring (bicyclic) bond motifs is 1. The van der Waals surface area contributed by atoms with E-state index in [2.05, 4.69) is 10.6 Å². The smallest absolute Gasteiger partial charge is 0.348 e. The molecule has 0 aliphatic rings. The van der Waals surface area contributed by atoms with Crippen molar-refractivity contribution in [1.29, 1.82) is 0 Å². The maximum atomic E-state index is 13.8. The highest BCUT2D eigenvalue weighted by atomic mass is 32.1. The summed E-state index contributed by atoms with van der Waals surface area (Å²) in [7, 11) is 1.45. The lowest BCUT2D eigenvalue weighted by Crippen LogP contribution is -2.21. The number of carbonyl (C=O) groups is 4. The highest BCUT2D eigenvalue weighted by Gasteiger charge is 2.26. The molecule has 2 heterocycles. The Bertz CT molecular complexity index is 1220. The molecular formula is C21H19FN2O6S2. The number of carbonyl (C=O) groups excluding carboxylic acids is 4. The van der Waals surface area contributed by atoms with Gasteiger partial charge in [-0.3, -0.25) is 9.59 Å². The summed E-state index contributed by atoms with van der Waals surface area (Å²) < 4.78 is 24.5. The molecule has 2 amide bonds. The number of ether oxygens (including phenoxy) is 2.